The van der Waals surface area contributed by atoms with Crippen LogP contribution in [0.25, 0.3) is 6.08 Å². The summed E-state index contributed by atoms with van der Waals surface area (Å²) >= 11 is 0. The van der Waals surface area contributed by atoms with Gasteiger partial charge in [0.05, 0.1) is 31.2 Å². The van der Waals surface area contributed by atoms with Crippen LogP contribution in [0.5, 0.6) is 0 Å². The Hall–Kier alpha value is -3.82. The minimum atomic E-state index is -0.454. The molecule has 3 amide bonds. The van der Waals surface area contributed by atoms with Gasteiger partial charge in [-0.05, 0) is 30.3 Å². The maximum atomic E-state index is 12.4. The first-order valence-corrected chi connectivity index (χ1v) is 10.4. The fourth-order valence-corrected chi connectivity index (χ4v) is 3.62. The first kappa shape index (κ1) is 21.4. The summed E-state index contributed by atoms with van der Waals surface area (Å²) in [6.45, 7) is 4.57. The van der Waals surface area contributed by atoms with Gasteiger partial charge in [-0.3, -0.25) is 14.5 Å². The summed E-state index contributed by atoms with van der Waals surface area (Å²) in [6, 6.07) is 7.26. The number of rotatable bonds is 6. The van der Waals surface area contributed by atoms with Crippen LogP contribution in [-0.4, -0.2) is 73.2 Å². The fourth-order valence-electron chi connectivity index (χ4n) is 3.62. The number of carbonyl (C=O) groups excluding carboxylic acids is 3. The molecule has 0 bridgehead atoms. The number of hydrogen-bond donors (Lipinski definition) is 1. The summed E-state index contributed by atoms with van der Waals surface area (Å²) in [5.41, 5.74) is 0.640. The SMILES string of the molecule is CC(=O)NC[C@H]1CN(c2ccc(N3CCN(C(=O)/C=C/c4ccco4)CC3)nc2)C(=O)O1. The third-order valence-electron chi connectivity index (χ3n) is 5.35. The lowest BCUT2D eigenvalue weighted by Gasteiger charge is -2.35. The highest BCUT2D eigenvalue weighted by atomic mass is 16.6. The van der Waals surface area contributed by atoms with E-state index in [-0.39, 0.29) is 18.4 Å². The molecule has 4 heterocycles. The Morgan fingerprint density at radius 2 is 2.03 bits per heavy atom. The van der Waals surface area contributed by atoms with Crippen molar-refractivity contribution in [2.75, 3.05) is 49.1 Å². The molecule has 2 aliphatic rings. The maximum Gasteiger partial charge on any atom is 0.414 e. The van der Waals surface area contributed by atoms with Crippen molar-refractivity contribution in [3.63, 3.8) is 0 Å². The molecule has 0 unspecified atom stereocenters. The van der Waals surface area contributed by atoms with E-state index < -0.39 is 12.2 Å². The lowest BCUT2D eigenvalue weighted by molar-refractivity contribution is -0.126. The van der Waals surface area contributed by atoms with E-state index in [0.29, 0.717) is 44.2 Å². The number of hydrogen-bond acceptors (Lipinski definition) is 7. The van der Waals surface area contributed by atoms with E-state index in [0.717, 1.165) is 5.82 Å². The highest BCUT2D eigenvalue weighted by molar-refractivity contribution is 5.91. The van der Waals surface area contributed by atoms with Crippen molar-refractivity contribution in [2.45, 2.75) is 13.0 Å². The molecule has 2 saturated heterocycles. The molecule has 2 aromatic rings. The zero-order valence-corrected chi connectivity index (χ0v) is 17.8. The highest BCUT2D eigenvalue weighted by Crippen LogP contribution is 2.23. The number of carbonyl (C=O) groups is 3. The van der Waals surface area contributed by atoms with E-state index in [2.05, 4.69) is 15.2 Å². The van der Waals surface area contributed by atoms with Crippen LogP contribution in [-0.2, 0) is 14.3 Å². The Kier molecular flexibility index (Phi) is 6.39. The third-order valence-corrected chi connectivity index (χ3v) is 5.35. The van der Waals surface area contributed by atoms with Gasteiger partial charge in [-0.1, -0.05) is 0 Å². The summed E-state index contributed by atoms with van der Waals surface area (Å²) in [4.78, 5) is 45.5. The Labute approximate surface area is 185 Å². The van der Waals surface area contributed by atoms with Gasteiger partial charge in [0.25, 0.3) is 0 Å². The van der Waals surface area contributed by atoms with Crippen LogP contribution in [0.4, 0.5) is 16.3 Å². The number of amides is 3. The van der Waals surface area contributed by atoms with Crippen LogP contribution in [0.1, 0.15) is 12.7 Å². The van der Waals surface area contributed by atoms with Gasteiger partial charge < -0.3 is 24.3 Å². The van der Waals surface area contributed by atoms with Crippen LogP contribution >= 0.6 is 0 Å². The molecule has 0 saturated carbocycles. The molecule has 0 aromatic carbocycles. The van der Waals surface area contributed by atoms with E-state index in [4.69, 9.17) is 9.15 Å². The van der Waals surface area contributed by atoms with Gasteiger partial charge in [-0.2, -0.15) is 0 Å². The van der Waals surface area contributed by atoms with Crippen molar-refractivity contribution in [3.05, 3.63) is 48.6 Å². The number of ether oxygens (including phenoxy) is 1. The summed E-state index contributed by atoms with van der Waals surface area (Å²) in [7, 11) is 0. The van der Waals surface area contributed by atoms with Crippen LogP contribution in [0.3, 0.4) is 0 Å². The summed E-state index contributed by atoms with van der Waals surface area (Å²) in [5, 5.41) is 2.66. The first-order valence-electron chi connectivity index (χ1n) is 10.4. The number of anilines is 2. The number of furan rings is 1. The topological polar surface area (TPSA) is 108 Å². The average molecular weight is 439 g/mol. The molecule has 1 N–H and O–H groups in total. The van der Waals surface area contributed by atoms with Gasteiger partial charge in [-0.25, -0.2) is 9.78 Å². The molecule has 32 heavy (non-hydrogen) atoms. The van der Waals surface area contributed by atoms with Gasteiger partial charge >= 0.3 is 6.09 Å². The van der Waals surface area contributed by atoms with Crippen molar-refractivity contribution >= 4 is 35.5 Å². The number of aromatic nitrogens is 1. The van der Waals surface area contributed by atoms with E-state index in [1.807, 2.05) is 12.1 Å². The summed E-state index contributed by atoms with van der Waals surface area (Å²) in [6.07, 6.45) is 5.55. The van der Waals surface area contributed by atoms with Gasteiger partial charge in [0, 0.05) is 39.2 Å². The number of cyclic esters (lactones) is 1. The summed E-state index contributed by atoms with van der Waals surface area (Å²) < 4.78 is 10.5. The van der Waals surface area contributed by atoms with Crippen molar-refractivity contribution in [3.8, 4) is 0 Å². The van der Waals surface area contributed by atoms with Crippen LogP contribution in [0.2, 0.25) is 0 Å². The van der Waals surface area contributed by atoms with E-state index in [1.54, 1.807) is 35.6 Å². The molecule has 4 rings (SSSR count). The zero-order chi connectivity index (χ0) is 22.5. The number of nitrogens with zero attached hydrogens (tertiary/aromatic N) is 4. The van der Waals surface area contributed by atoms with Gasteiger partial charge in [0.1, 0.15) is 17.7 Å². The first-order chi connectivity index (χ1) is 15.5. The van der Waals surface area contributed by atoms with Gasteiger partial charge in [-0.15, -0.1) is 0 Å². The monoisotopic (exact) mass is 439 g/mol. The Bertz CT molecular complexity index is 981. The predicted molar refractivity (Wildman–Crippen MR) is 117 cm³/mol. The maximum absolute atomic E-state index is 12.4. The second-order valence-corrected chi connectivity index (χ2v) is 7.59. The number of nitrogens with one attached hydrogen (secondary N) is 1. The third kappa shape index (κ3) is 5.08. The lowest BCUT2D eigenvalue weighted by Crippen LogP contribution is -2.48. The molecular weight excluding hydrogens is 414 g/mol. The van der Waals surface area contributed by atoms with Gasteiger partial charge in [0.2, 0.25) is 11.8 Å². The number of pyridine rings is 1. The minimum absolute atomic E-state index is 0.0503. The zero-order valence-electron chi connectivity index (χ0n) is 17.8. The standard InChI is InChI=1S/C22H25N5O5/c1-16(28)23-14-19-15-27(22(30)32-19)17-4-6-20(24-13-17)25-8-10-26(11-9-25)21(29)7-5-18-3-2-12-31-18/h2-7,12-13,19H,8-11,14-15H2,1H3,(H,23,28)/b7-5+/t19-/m0/s1. The van der Waals surface area contributed by atoms with Crippen LogP contribution in [0.15, 0.2) is 47.2 Å². The average Bonchev–Trinajstić information content (AvgIpc) is 3.46. The second-order valence-electron chi connectivity index (χ2n) is 7.59. The molecule has 10 nitrogen and oxygen atoms in total. The van der Waals surface area contributed by atoms with Crippen molar-refractivity contribution in [1.29, 1.82) is 0 Å². The molecule has 0 radical (unpaired) electrons. The summed E-state index contributed by atoms with van der Waals surface area (Å²) in [5.74, 6) is 1.21. The quantitative estimate of drug-likeness (QED) is 0.680. The molecule has 168 valence electrons. The molecule has 1 atom stereocenters. The van der Waals surface area contributed by atoms with Crippen molar-refractivity contribution in [2.24, 2.45) is 0 Å². The molecule has 10 heteroatoms. The van der Waals surface area contributed by atoms with Crippen molar-refractivity contribution in [1.82, 2.24) is 15.2 Å². The fraction of sp³-hybridized carbons (Fsp3) is 0.364. The minimum Gasteiger partial charge on any atom is -0.465 e. The van der Waals surface area contributed by atoms with Crippen LogP contribution in [0, 0.1) is 0 Å². The van der Waals surface area contributed by atoms with Gasteiger partial charge in [0.15, 0.2) is 0 Å². The normalized spacial score (nSPS) is 18.8. The lowest BCUT2D eigenvalue weighted by atomic mass is 10.2. The predicted octanol–water partition coefficient (Wildman–Crippen LogP) is 1.50. The molecule has 0 spiro atoms. The van der Waals surface area contributed by atoms with E-state index in [1.165, 1.54) is 17.9 Å². The Morgan fingerprint density at radius 1 is 1.22 bits per heavy atom. The second kappa shape index (κ2) is 9.54. The molecular formula is C22H25N5O5. The smallest absolute Gasteiger partial charge is 0.414 e. The molecule has 0 aliphatic carbocycles. The molecule has 2 aromatic heterocycles. The van der Waals surface area contributed by atoms with E-state index in [9.17, 15) is 14.4 Å². The van der Waals surface area contributed by atoms with E-state index >= 15 is 0 Å². The number of piperazine rings is 1. The highest BCUT2D eigenvalue weighted by Gasteiger charge is 2.32. The van der Waals surface area contributed by atoms with Crippen LogP contribution < -0.4 is 15.1 Å². The molecule has 2 fully saturated rings. The Balaban J connectivity index is 1.29. The largest absolute Gasteiger partial charge is 0.465 e. The molecule has 2 aliphatic heterocycles. The van der Waals surface area contributed by atoms with Crippen molar-refractivity contribution < 1.29 is 23.5 Å². The Morgan fingerprint density at radius 3 is 2.69 bits per heavy atom.